The molecule has 0 aliphatic heterocycles. The molecule has 6 nitrogen and oxygen atoms in total. The van der Waals surface area contributed by atoms with E-state index in [0.29, 0.717) is 5.56 Å². The van der Waals surface area contributed by atoms with Crippen LogP contribution >= 0.6 is 0 Å². The Morgan fingerprint density at radius 1 is 1.12 bits per heavy atom. The van der Waals surface area contributed by atoms with Gasteiger partial charge in [-0.05, 0) is 37.5 Å². The smallest absolute Gasteiger partial charge is 0.408 e. The molecule has 2 atom stereocenters. The van der Waals surface area contributed by atoms with Gasteiger partial charge in [0.2, 0.25) is 5.91 Å². The molecule has 0 fully saturated rings. The summed E-state index contributed by atoms with van der Waals surface area (Å²) < 4.78 is 18.0. The molecular weight excluding hydrogens is 315 g/mol. The van der Waals surface area contributed by atoms with Crippen LogP contribution in [0, 0.1) is 11.7 Å². The van der Waals surface area contributed by atoms with E-state index in [1.807, 2.05) is 0 Å². The number of aliphatic hydroxyl groups excluding tert-OH is 1. The third kappa shape index (κ3) is 6.16. The zero-order valence-electron chi connectivity index (χ0n) is 14.4. The number of carbonyl (C=O) groups excluding carboxylic acids is 2. The van der Waals surface area contributed by atoms with Crippen LogP contribution in [0.1, 0.15) is 39.3 Å². The van der Waals surface area contributed by atoms with Crippen molar-refractivity contribution < 1.29 is 23.8 Å². The summed E-state index contributed by atoms with van der Waals surface area (Å²) in [5, 5.41) is 14.7. The number of hydrogen-bond acceptors (Lipinski definition) is 4. The Hall–Kier alpha value is -2.15. The first-order chi connectivity index (χ1) is 11.2. The minimum absolute atomic E-state index is 0.183. The van der Waals surface area contributed by atoms with Crippen molar-refractivity contribution in [2.45, 2.75) is 45.9 Å². The van der Waals surface area contributed by atoms with Crippen molar-refractivity contribution in [1.82, 2.24) is 10.6 Å². The van der Waals surface area contributed by atoms with Gasteiger partial charge in [0.15, 0.2) is 0 Å². The molecule has 1 aromatic rings. The van der Waals surface area contributed by atoms with Crippen molar-refractivity contribution in [3.05, 3.63) is 35.6 Å². The van der Waals surface area contributed by atoms with E-state index in [-0.39, 0.29) is 18.6 Å². The van der Waals surface area contributed by atoms with Crippen LogP contribution in [0.4, 0.5) is 9.18 Å². The highest BCUT2D eigenvalue weighted by atomic mass is 19.1. The van der Waals surface area contributed by atoms with Gasteiger partial charge in [-0.3, -0.25) is 4.79 Å². The van der Waals surface area contributed by atoms with Gasteiger partial charge in [0.1, 0.15) is 11.9 Å². The summed E-state index contributed by atoms with van der Waals surface area (Å²) in [5.74, 6) is -1.04. The summed E-state index contributed by atoms with van der Waals surface area (Å²) in [6, 6.07) is 3.97. The standard InChI is InChI=1S/C17H25FN2O4/c1-10(2)15(20-17(23)24-11(3)4)16(22)19-14(9-21)12-5-7-13(18)8-6-12/h5-8,10-11,14-15,21H,9H2,1-4H3,(H,19,22)(H,20,23). The molecule has 24 heavy (non-hydrogen) atoms. The molecule has 2 unspecified atom stereocenters. The fourth-order valence-electron chi connectivity index (χ4n) is 2.10. The maximum Gasteiger partial charge on any atom is 0.408 e. The third-order valence-corrected chi connectivity index (χ3v) is 3.34. The Kier molecular flexibility index (Phi) is 7.64. The topological polar surface area (TPSA) is 87.7 Å². The quantitative estimate of drug-likeness (QED) is 0.710. The van der Waals surface area contributed by atoms with Gasteiger partial charge in [-0.15, -0.1) is 0 Å². The summed E-state index contributed by atoms with van der Waals surface area (Å²) >= 11 is 0. The maximum atomic E-state index is 13.0. The number of aliphatic hydroxyl groups is 1. The monoisotopic (exact) mass is 340 g/mol. The number of nitrogens with one attached hydrogen (secondary N) is 2. The number of carbonyl (C=O) groups is 2. The number of hydrogen-bond donors (Lipinski definition) is 3. The first-order valence-corrected chi connectivity index (χ1v) is 7.88. The van der Waals surface area contributed by atoms with Gasteiger partial charge in [0, 0.05) is 0 Å². The Bertz CT molecular complexity index is 546. The van der Waals surface area contributed by atoms with E-state index in [2.05, 4.69) is 10.6 Å². The van der Waals surface area contributed by atoms with E-state index in [1.54, 1.807) is 27.7 Å². The molecule has 0 bridgehead atoms. The van der Waals surface area contributed by atoms with Crippen molar-refractivity contribution in [2.75, 3.05) is 6.61 Å². The first kappa shape index (κ1) is 19.9. The van der Waals surface area contributed by atoms with Crippen LogP contribution in [-0.2, 0) is 9.53 Å². The molecule has 0 heterocycles. The molecular formula is C17H25FN2O4. The fraction of sp³-hybridized carbons (Fsp3) is 0.529. The number of amides is 2. The predicted octanol–water partition coefficient (Wildman–Crippen LogP) is 2.13. The molecule has 1 rings (SSSR count). The highest BCUT2D eigenvalue weighted by molar-refractivity contribution is 5.86. The Labute approximate surface area is 141 Å². The second-order valence-electron chi connectivity index (χ2n) is 6.12. The molecule has 2 amide bonds. The van der Waals surface area contributed by atoms with Gasteiger partial charge in [-0.1, -0.05) is 26.0 Å². The molecule has 1 aromatic carbocycles. The zero-order valence-corrected chi connectivity index (χ0v) is 14.4. The largest absolute Gasteiger partial charge is 0.447 e. The SMILES string of the molecule is CC(C)OC(=O)NC(C(=O)NC(CO)c1ccc(F)cc1)C(C)C. The second kappa shape index (κ2) is 9.22. The summed E-state index contributed by atoms with van der Waals surface area (Å²) in [7, 11) is 0. The lowest BCUT2D eigenvalue weighted by Gasteiger charge is -2.25. The van der Waals surface area contributed by atoms with Crippen molar-refractivity contribution in [3.8, 4) is 0 Å². The number of halogens is 1. The summed E-state index contributed by atoms with van der Waals surface area (Å²) in [6.07, 6.45) is -0.980. The maximum absolute atomic E-state index is 13.0. The van der Waals surface area contributed by atoms with E-state index in [0.717, 1.165) is 0 Å². The third-order valence-electron chi connectivity index (χ3n) is 3.34. The van der Waals surface area contributed by atoms with Crippen molar-refractivity contribution in [3.63, 3.8) is 0 Å². The molecule has 0 radical (unpaired) electrons. The van der Waals surface area contributed by atoms with Gasteiger partial charge in [0.05, 0.1) is 18.8 Å². The molecule has 134 valence electrons. The fourth-order valence-corrected chi connectivity index (χ4v) is 2.10. The molecule has 7 heteroatoms. The van der Waals surface area contributed by atoms with E-state index in [9.17, 15) is 19.1 Å². The van der Waals surface area contributed by atoms with Crippen molar-refractivity contribution >= 4 is 12.0 Å². The average molecular weight is 340 g/mol. The highest BCUT2D eigenvalue weighted by Crippen LogP contribution is 2.14. The van der Waals surface area contributed by atoms with Gasteiger partial charge in [0.25, 0.3) is 0 Å². The van der Waals surface area contributed by atoms with E-state index < -0.39 is 29.9 Å². The number of rotatable bonds is 7. The Morgan fingerprint density at radius 3 is 2.17 bits per heavy atom. The van der Waals surface area contributed by atoms with Crippen molar-refractivity contribution in [1.29, 1.82) is 0 Å². The first-order valence-electron chi connectivity index (χ1n) is 7.88. The molecule has 0 saturated carbocycles. The van der Waals surface area contributed by atoms with Crippen LogP contribution in [0.3, 0.4) is 0 Å². The molecule has 3 N–H and O–H groups in total. The lowest BCUT2D eigenvalue weighted by molar-refractivity contribution is -0.125. The van der Waals surface area contributed by atoms with Crippen LogP contribution in [0.5, 0.6) is 0 Å². The van der Waals surface area contributed by atoms with Crippen LogP contribution in [0.15, 0.2) is 24.3 Å². The van der Waals surface area contributed by atoms with E-state index >= 15 is 0 Å². The van der Waals surface area contributed by atoms with Crippen LogP contribution in [-0.4, -0.2) is 35.9 Å². The molecule has 0 aliphatic rings. The summed E-state index contributed by atoms with van der Waals surface area (Å²) in [4.78, 5) is 24.2. The number of alkyl carbamates (subject to hydrolysis) is 1. The van der Waals surface area contributed by atoms with Crippen LogP contribution in [0.2, 0.25) is 0 Å². The van der Waals surface area contributed by atoms with Gasteiger partial charge in [-0.25, -0.2) is 9.18 Å². The number of ether oxygens (including phenoxy) is 1. The average Bonchev–Trinajstić information content (AvgIpc) is 2.50. The van der Waals surface area contributed by atoms with E-state index in [1.165, 1.54) is 24.3 Å². The normalized spacial score (nSPS) is 13.5. The molecule has 0 aliphatic carbocycles. The van der Waals surface area contributed by atoms with E-state index in [4.69, 9.17) is 4.74 Å². The minimum atomic E-state index is -0.814. The lowest BCUT2D eigenvalue weighted by Crippen LogP contribution is -2.51. The Morgan fingerprint density at radius 2 is 1.71 bits per heavy atom. The van der Waals surface area contributed by atoms with Crippen molar-refractivity contribution in [2.24, 2.45) is 5.92 Å². The Balaban J connectivity index is 2.78. The zero-order chi connectivity index (χ0) is 18.3. The predicted molar refractivity (Wildman–Crippen MR) is 87.7 cm³/mol. The minimum Gasteiger partial charge on any atom is -0.447 e. The van der Waals surface area contributed by atoms with Crippen LogP contribution in [0.25, 0.3) is 0 Å². The van der Waals surface area contributed by atoms with Crippen LogP contribution < -0.4 is 10.6 Å². The molecule has 0 spiro atoms. The summed E-state index contributed by atoms with van der Waals surface area (Å²) in [6.45, 7) is 6.64. The molecule has 0 saturated heterocycles. The van der Waals surface area contributed by atoms with Gasteiger partial charge < -0.3 is 20.5 Å². The summed E-state index contributed by atoms with van der Waals surface area (Å²) in [5.41, 5.74) is 0.569. The van der Waals surface area contributed by atoms with Gasteiger partial charge in [-0.2, -0.15) is 0 Å². The lowest BCUT2D eigenvalue weighted by atomic mass is 10.0. The second-order valence-corrected chi connectivity index (χ2v) is 6.12. The van der Waals surface area contributed by atoms with Gasteiger partial charge >= 0.3 is 6.09 Å². The number of benzene rings is 1. The molecule has 0 aromatic heterocycles. The highest BCUT2D eigenvalue weighted by Gasteiger charge is 2.27.